The molecule has 4 rings (SSSR count). The summed E-state index contributed by atoms with van der Waals surface area (Å²) in [4.78, 5) is 12.3. The molecule has 1 aliphatic rings. The molecule has 0 aromatic heterocycles. The van der Waals surface area contributed by atoms with Gasteiger partial charge in [-0.25, -0.2) is 9.18 Å². The van der Waals surface area contributed by atoms with Crippen LogP contribution in [0.25, 0.3) is 0 Å². The maximum absolute atomic E-state index is 13.0. The van der Waals surface area contributed by atoms with Gasteiger partial charge in [-0.15, -0.1) is 0 Å². The lowest BCUT2D eigenvalue weighted by molar-refractivity contribution is -0.136. The second kappa shape index (κ2) is 12.7. The average Bonchev–Trinajstić information content (AvgIpc) is 2.93. The third kappa shape index (κ3) is 6.60. The number of fused-ring (bicyclic) bond motifs is 1. The highest BCUT2D eigenvalue weighted by atomic mass is 19.1. The van der Waals surface area contributed by atoms with E-state index in [1.807, 2.05) is 25.1 Å². The number of nitrogens with zero attached hydrogens (tertiary/aromatic N) is 1. The Kier molecular flexibility index (Phi) is 8.90. The van der Waals surface area contributed by atoms with Crippen LogP contribution in [0.3, 0.4) is 0 Å². The molecule has 3 aromatic carbocycles. The normalized spacial score (nSPS) is 14.1. The first-order chi connectivity index (χ1) is 18.9. The molecule has 202 valence electrons. The van der Waals surface area contributed by atoms with E-state index in [1.54, 1.807) is 12.1 Å². The number of benzene rings is 3. The maximum atomic E-state index is 13.0. The van der Waals surface area contributed by atoms with Gasteiger partial charge in [-0.05, 0) is 61.4 Å². The van der Waals surface area contributed by atoms with E-state index >= 15 is 0 Å². The smallest absolute Gasteiger partial charge is 0.349 e. The zero-order chi connectivity index (χ0) is 27.8. The molecule has 8 nitrogen and oxygen atoms in total. The van der Waals surface area contributed by atoms with Gasteiger partial charge in [0.1, 0.15) is 34.7 Å². The number of allylic oxidation sites excluding steroid dienone is 1. The summed E-state index contributed by atoms with van der Waals surface area (Å²) in [5.74, 6) is 0.450. The Morgan fingerprint density at radius 3 is 2.49 bits per heavy atom. The van der Waals surface area contributed by atoms with Gasteiger partial charge in [-0.3, -0.25) is 0 Å². The van der Waals surface area contributed by atoms with Crippen molar-refractivity contribution in [1.29, 1.82) is 5.26 Å². The lowest BCUT2D eigenvalue weighted by Gasteiger charge is -2.27. The van der Waals surface area contributed by atoms with Crippen LogP contribution < -0.4 is 29.4 Å². The SMILES string of the molecule is CCCCOc1ccc(C2C(C#N)=C(N)Oc3cc(OC(=O)COc4ccc(F)cc4)ccc32)cc1OCC. The Hall–Kier alpha value is -4.71. The summed E-state index contributed by atoms with van der Waals surface area (Å²) in [5.41, 5.74) is 7.83. The quantitative estimate of drug-likeness (QED) is 0.193. The number of halogens is 1. The molecule has 1 unspecified atom stereocenters. The fraction of sp³-hybridized carbons (Fsp3) is 0.267. The predicted octanol–water partition coefficient (Wildman–Crippen LogP) is 5.61. The summed E-state index contributed by atoms with van der Waals surface area (Å²) in [7, 11) is 0. The molecular weight excluding hydrogens is 503 g/mol. The number of rotatable bonds is 11. The molecule has 1 aliphatic heterocycles. The first-order valence-corrected chi connectivity index (χ1v) is 12.6. The van der Waals surface area contributed by atoms with Crippen LogP contribution in [-0.2, 0) is 4.79 Å². The third-order valence-electron chi connectivity index (χ3n) is 5.95. The average molecular weight is 533 g/mol. The van der Waals surface area contributed by atoms with E-state index in [1.165, 1.54) is 30.3 Å². The minimum absolute atomic E-state index is 0.0423. The van der Waals surface area contributed by atoms with Crippen molar-refractivity contribution in [3.8, 4) is 34.8 Å². The zero-order valence-corrected chi connectivity index (χ0v) is 21.7. The highest BCUT2D eigenvalue weighted by Gasteiger charge is 2.32. The number of hydrogen-bond donors (Lipinski definition) is 1. The molecule has 1 atom stereocenters. The Balaban J connectivity index is 1.57. The van der Waals surface area contributed by atoms with E-state index in [9.17, 15) is 14.4 Å². The largest absolute Gasteiger partial charge is 0.490 e. The molecule has 0 saturated heterocycles. The number of carbonyl (C=O) groups excluding carboxylic acids is 1. The van der Waals surface area contributed by atoms with Crippen LogP contribution in [0.2, 0.25) is 0 Å². The van der Waals surface area contributed by atoms with Gasteiger partial charge in [-0.1, -0.05) is 25.5 Å². The number of esters is 1. The van der Waals surface area contributed by atoms with Gasteiger partial charge in [0.25, 0.3) is 0 Å². The Morgan fingerprint density at radius 2 is 1.77 bits per heavy atom. The van der Waals surface area contributed by atoms with Crippen molar-refractivity contribution >= 4 is 5.97 Å². The summed E-state index contributed by atoms with van der Waals surface area (Å²) < 4.78 is 41.2. The molecule has 0 fully saturated rings. The minimum Gasteiger partial charge on any atom is -0.490 e. The molecule has 0 spiro atoms. The summed E-state index contributed by atoms with van der Waals surface area (Å²) >= 11 is 0. The van der Waals surface area contributed by atoms with Gasteiger partial charge in [0, 0.05) is 11.6 Å². The number of carbonyl (C=O) groups is 1. The standard InChI is InChI=1S/C30H29FN2O6/c1-3-5-14-36-25-13-6-19(15-27(25)35-4-2)29-23-12-11-22(16-26(23)39-30(33)24(29)17-32)38-28(34)18-37-21-9-7-20(31)8-10-21/h6-13,15-16,29H,3-5,14,18,33H2,1-2H3. The van der Waals surface area contributed by atoms with Gasteiger partial charge >= 0.3 is 5.97 Å². The van der Waals surface area contributed by atoms with Crippen LogP contribution in [0.4, 0.5) is 4.39 Å². The highest BCUT2D eigenvalue weighted by Crippen LogP contribution is 2.45. The molecule has 0 radical (unpaired) electrons. The molecule has 2 N–H and O–H groups in total. The summed E-state index contributed by atoms with van der Waals surface area (Å²) in [6, 6.07) is 17.9. The van der Waals surface area contributed by atoms with E-state index in [2.05, 4.69) is 13.0 Å². The first kappa shape index (κ1) is 27.3. The summed E-state index contributed by atoms with van der Waals surface area (Å²) in [6.45, 7) is 4.62. The van der Waals surface area contributed by atoms with E-state index in [-0.39, 0.29) is 23.8 Å². The van der Waals surface area contributed by atoms with Crippen LogP contribution >= 0.6 is 0 Å². The number of nitrogens with two attached hydrogens (primary N) is 1. The van der Waals surface area contributed by atoms with Crippen LogP contribution in [0.1, 0.15) is 43.7 Å². The number of nitriles is 1. The van der Waals surface area contributed by atoms with E-state index in [4.69, 9.17) is 29.4 Å². The second-order valence-electron chi connectivity index (χ2n) is 8.68. The molecule has 3 aromatic rings. The molecule has 0 aliphatic carbocycles. The minimum atomic E-state index is -0.659. The fourth-order valence-corrected chi connectivity index (χ4v) is 4.09. The van der Waals surface area contributed by atoms with Crippen molar-refractivity contribution < 1.29 is 32.9 Å². The summed E-state index contributed by atoms with van der Waals surface area (Å²) in [5, 5.41) is 9.90. The van der Waals surface area contributed by atoms with Crippen molar-refractivity contribution in [3.05, 3.63) is 89.1 Å². The summed E-state index contributed by atoms with van der Waals surface area (Å²) in [6.07, 6.45) is 1.93. The molecule has 0 amide bonds. The highest BCUT2D eigenvalue weighted by molar-refractivity contribution is 5.74. The second-order valence-corrected chi connectivity index (χ2v) is 8.68. The molecule has 9 heteroatoms. The van der Waals surface area contributed by atoms with E-state index in [0.29, 0.717) is 41.8 Å². The van der Waals surface area contributed by atoms with Gasteiger partial charge in [0.15, 0.2) is 18.1 Å². The van der Waals surface area contributed by atoms with Crippen LogP contribution in [-0.4, -0.2) is 25.8 Å². The maximum Gasteiger partial charge on any atom is 0.349 e. The fourth-order valence-electron chi connectivity index (χ4n) is 4.09. The lowest BCUT2D eigenvalue weighted by atomic mass is 9.83. The molecule has 1 heterocycles. The topological polar surface area (TPSA) is 113 Å². The monoisotopic (exact) mass is 532 g/mol. The van der Waals surface area contributed by atoms with Gasteiger partial charge in [0.2, 0.25) is 5.88 Å². The number of ether oxygens (including phenoxy) is 5. The van der Waals surface area contributed by atoms with Gasteiger partial charge < -0.3 is 29.4 Å². The Morgan fingerprint density at radius 1 is 1.00 bits per heavy atom. The lowest BCUT2D eigenvalue weighted by Crippen LogP contribution is -2.22. The van der Waals surface area contributed by atoms with Gasteiger partial charge in [0.05, 0.1) is 19.1 Å². The van der Waals surface area contributed by atoms with E-state index < -0.39 is 17.7 Å². The van der Waals surface area contributed by atoms with Crippen LogP contribution in [0.15, 0.2) is 72.1 Å². The van der Waals surface area contributed by atoms with E-state index in [0.717, 1.165) is 18.4 Å². The third-order valence-corrected chi connectivity index (χ3v) is 5.95. The molecule has 0 bridgehead atoms. The zero-order valence-electron chi connectivity index (χ0n) is 21.7. The molecule has 39 heavy (non-hydrogen) atoms. The van der Waals surface area contributed by atoms with Crippen molar-refractivity contribution in [2.24, 2.45) is 5.73 Å². The van der Waals surface area contributed by atoms with Crippen molar-refractivity contribution in [2.75, 3.05) is 19.8 Å². The van der Waals surface area contributed by atoms with Crippen molar-refractivity contribution in [3.63, 3.8) is 0 Å². The van der Waals surface area contributed by atoms with Gasteiger partial charge in [-0.2, -0.15) is 5.26 Å². The van der Waals surface area contributed by atoms with Crippen molar-refractivity contribution in [1.82, 2.24) is 0 Å². The molecular formula is C30H29FN2O6. The first-order valence-electron chi connectivity index (χ1n) is 12.6. The van der Waals surface area contributed by atoms with Crippen molar-refractivity contribution in [2.45, 2.75) is 32.6 Å². The number of hydrogen-bond acceptors (Lipinski definition) is 8. The predicted molar refractivity (Wildman–Crippen MR) is 141 cm³/mol. The number of unbranched alkanes of at least 4 members (excludes halogenated alkanes) is 1. The molecule has 0 saturated carbocycles. The van der Waals surface area contributed by atoms with Crippen LogP contribution in [0.5, 0.6) is 28.7 Å². The van der Waals surface area contributed by atoms with Crippen LogP contribution in [0, 0.1) is 17.1 Å². The Labute approximate surface area is 226 Å². The Bertz CT molecular complexity index is 1400.